The Hall–Kier alpha value is -2.20. The molecule has 0 aliphatic carbocycles. The second kappa shape index (κ2) is 8.87. The van der Waals surface area contributed by atoms with Crippen molar-refractivity contribution in [1.29, 1.82) is 0 Å². The normalized spacial score (nSPS) is 15.0. The van der Waals surface area contributed by atoms with Crippen LogP contribution in [0.2, 0.25) is 0 Å². The maximum Gasteiger partial charge on any atom is 0.232 e. The van der Waals surface area contributed by atoms with Crippen molar-refractivity contribution >= 4 is 28.6 Å². The fourth-order valence-corrected chi connectivity index (χ4v) is 4.97. The number of likely N-dealkylation sites (tertiary alicyclic amines) is 1. The quantitative estimate of drug-likeness (QED) is 0.536. The van der Waals surface area contributed by atoms with E-state index in [9.17, 15) is 4.79 Å². The summed E-state index contributed by atoms with van der Waals surface area (Å²) in [7, 11) is 0. The number of carbonyl (C=O) groups excluding carboxylic acids is 1. The monoisotopic (exact) mass is 392 g/mol. The van der Waals surface area contributed by atoms with E-state index in [0.717, 1.165) is 32.5 Å². The summed E-state index contributed by atoms with van der Waals surface area (Å²) in [5.74, 6) is 0.806. The molecule has 1 aliphatic rings. The van der Waals surface area contributed by atoms with E-state index in [0.29, 0.717) is 5.75 Å². The van der Waals surface area contributed by atoms with Crippen molar-refractivity contribution in [2.45, 2.75) is 44.0 Å². The minimum atomic E-state index is 0.280. The van der Waals surface area contributed by atoms with Gasteiger partial charge in [-0.3, -0.25) is 4.79 Å². The summed E-state index contributed by atoms with van der Waals surface area (Å²) in [6, 6.07) is 17.1. The van der Waals surface area contributed by atoms with Crippen LogP contribution in [0.3, 0.4) is 0 Å². The molecule has 1 amide bonds. The van der Waals surface area contributed by atoms with Crippen LogP contribution >= 0.6 is 11.8 Å². The van der Waals surface area contributed by atoms with E-state index in [1.807, 2.05) is 0 Å². The summed E-state index contributed by atoms with van der Waals surface area (Å²) in [6.45, 7) is 4.87. The largest absolute Gasteiger partial charge is 0.342 e. The molecule has 4 rings (SSSR count). The molecule has 1 saturated heterocycles. The zero-order valence-corrected chi connectivity index (χ0v) is 17.4. The number of hydrogen-bond acceptors (Lipinski definition) is 2. The number of nitrogens with zero attached hydrogens (tertiary/aromatic N) is 2. The maximum atomic E-state index is 12.7. The average Bonchev–Trinajstić information content (AvgIpc) is 2.88. The smallest absolute Gasteiger partial charge is 0.232 e. The Morgan fingerprint density at radius 2 is 1.68 bits per heavy atom. The molecule has 146 valence electrons. The highest BCUT2D eigenvalue weighted by molar-refractivity contribution is 8.00. The van der Waals surface area contributed by atoms with Crippen molar-refractivity contribution in [2.75, 3.05) is 18.8 Å². The maximum absolute atomic E-state index is 12.7. The second-order valence-corrected chi connectivity index (χ2v) is 8.67. The van der Waals surface area contributed by atoms with Crippen LogP contribution in [0.5, 0.6) is 0 Å². The summed E-state index contributed by atoms with van der Waals surface area (Å²) in [5.41, 5.74) is 3.88. The summed E-state index contributed by atoms with van der Waals surface area (Å²) >= 11 is 1.68. The number of hydrogen-bond donors (Lipinski definition) is 0. The van der Waals surface area contributed by atoms with E-state index in [-0.39, 0.29) is 5.91 Å². The molecular weight excluding hydrogens is 364 g/mol. The Labute approximate surface area is 171 Å². The predicted octanol–water partition coefficient (Wildman–Crippen LogP) is 5.49. The molecule has 0 atom stereocenters. The van der Waals surface area contributed by atoms with Crippen molar-refractivity contribution < 1.29 is 4.79 Å². The third kappa shape index (κ3) is 4.27. The molecule has 3 aromatic rings. The minimum Gasteiger partial charge on any atom is -0.342 e. The molecule has 1 fully saturated rings. The summed E-state index contributed by atoms with van der Waals surface area (Å²) < 4.78 is 2.32. The molecule has 4 heteroatoms. The summed E-state index contributed by atoms with van der Waals surface area (Å²) in [4.78, 5) is 16.0. The van der Waals surface area contributed by atoms with Crippen molar-refractivity contribution in [3.8, 4) is 0 Å². The first-order valence-corrected chi connectivity index (χ1v) is 11.2. The van der Waals surface area contributed by atoms with Crippen molar-refractivity contribution in [2.24, 2.45) is 0 Å². The predicted molar refractivity (Wildman–Crippen MR) is 118 cm³/mol. The van der Waals surface area contributed by atoms with Crippen molar-refractivity contribution in [3.63, 3.8) is 0 Å². The molecule has 0 unspecified atom stereocenters. The number of para-hydroxylation sites is 1. The Morgan fingerprint density at radius 1 is 0.964 bits per heavy atom. The van der Waals surface area contributed by atoms with Gasteiger partial charge in [-0.25, -0.2) is 0 Å². The Kier molecular flexibility index (Phi) is 6.06. The molecule has 3 nitrogen and oxygen atoms in total. The van der Waals surface area contributed by atoms with E-state index < -0.39 is 0 Å². The van der Waals surface area contributed by atoms with Gasteiger partial charge in [0.05, 0.1) is 5.75 Å². The lowest BCUT2D eigenvalue weighted by atomic mass is 10.1. The van der Waals surface area contributed by atoms with Gasteiger partial charge in [-0.15, -0.1) is 11.8 Å². The molecule has 0 saturated carbocycles. The molecule has 1 aliphatic heterocycles. The highest BCUT2D eigenvalue weighted by Gasteiger charge is 2.17. The number of carbonyl (C=O) groups is 1. The molecular formula is C24H28N2OS. The topological polar surface area (TPSA) is 25.2 Å². The van der Waals surface area contributed by atoms with E-state index in [4.69, 9.17) is 0 Å². The van der Waals surface area contributed by atoms with Gasteiger partial charge in [-0.05, 0) is 37.0 Å². The van der Waals surface area contributed by atoms with Crippen molar-refractivity contribution in [3.05, 3.63) is 65.9 Å². The van der Waals surface area contributed by atoms with E-state index in [2.05, 4.69) is 71.1 Å². The number of amides is 1. The number of aryl methyl sites for hydroxylation is 1. The van der Waals surface area contributed by atoms with Crippen LogP contribution in [0.15, 0.2) is 59.6 Å². The molecule has 0 bridgehead atoms. The van der Waals surface area contributed by atoms with Gasteiger partial charge in [-0.2, -0.15) is 0 Å². The fourth-order valence-electron chi connectivity index (χ4n) is 3.98. The van der Waals surface area contributed by atoms with Gasteiger partial charge in [0.1, 0.15) is 0 Å². The van der Waals surface area contributed by atoms with Crippen LogP contribution in [-0.4, -0.2) is 34.2 Å². The number of thioether (sulfide) groups is 1. The lowest BCUT2D eigenvalue weighted by Crippen LogP contribution is -2.33. The van der Waals surface area contributed by atoms with Gasteiger partial charge in [0.15, 0.2) is 0 Å². The third-order valence-corrected chi connectivity index (χ3v) is 6.69. The molecule has 28 heavy (non-hydrogen) atoms. The molecule has 1 aromatic heterocycles. The highest BCUT2D eigenvalue weighted by atomic mass is 32.2. The first kappa shape index (κ1) is 19.1. The van der Waals surface area contributed by atoms with Gasteiger partial charge in [0.2, 0.25) is 5.91 Å². The molecule has 0 spiro atoms. The zero-order chi connectivity index (χ0) is 19.3. The Bertz CT molecular complexity index is 954. The Balaban J connectivity index is 1.53. The summed E-state index contributed by atoms with van der Waals surface area (Å²) in [6.07, 6.45) is 7.02. The minimum absolute atomic E-state index is 0.280. The molecule has 0 radical (unpaired) electrons. The lowest BCUT2D eigenvalue weighted by molar-refractivity contribution is -0.128. The number of rotatable bonds is 5. The van der Waals surface area contributed by atoms with Gasteiger partial charge in [0, 0.05) is 41.6 Å². The SMILES string of the molecule is Cc1ccccc1Cn1cc(SCC(=O)N2CCCCCC2)c2ccccc21. The lowest BCUT2D eigenvalue weighted by Gasteiger charge is -2.19. The van der Waals surface area contributed by atoms with Crippen LogP contribution in [0.25, 0.3) is 10.9 Å². The molecule has 2 aromatic carbocycles. The van der Waals surface area contributed by atoms with Gasteiger partial charge in [-0.1, -0.05) is 55.3 Å². The van der Waals surface area contributed by atoms with E-state index in [1.54, 1.807) is 11.8 Å². The molecule has 2 heterocycles. The first-order valence-electron chi connectivity index (χ1n) is 10.3. The fraction of sp³-hybridized carbons (Fsp3) is 0.375. The highest BCUT2D eigenvalue weighted by Crippen LogP contribution is 2.31. The van der Waals surface area contributed by atoms with Crippen LogP contribution in [0.1, 0.15) is 36.8 Å². The van der Waals surface area contributed by atoms with Crippen LogP contribution < -0.4 is 0 Å². The van der Waals surface area contributed by atoms with Gasteiger partial charge >= 0.3 is 0 Å². The standard InChI is InChI=1S/C24H28N2OS/c1-19-10-4-5-11-20(19)16-26-17-23(21-12-6-7-13-22(21)26)28-18-24(27)25-14-8-2-3-9-15-25/h4-7,10-13,17H,2-3,8-9,14-16,18H2,1H3. The number of benzene rings is 2. The summed E-state index contributed by atoms with van der Waals surface area (Å²) in [5, 5.41) is 1.24. The number of fused-ring (bicyclic) bond motifs is 1. The third-order valence-electron chi connectivity index (χ3n) is 5.66. The van der Waals surface area contributed by atoms with E-state index >= 15 is 0 Å². The zero-order valence-electron chi connectivity index (χ0n) is 16.6. The second-order valence-electron chi connectivity index (χ2n) is 7.65. The average molecular weight is 393 g/mol. The molecule has 0 N–H and O–H groups in total. The van der Waals surface area contributed by atoms with Crippen molar-refractivity contribution in [1.82, 2.24) is 9.47 Å². The van der Waals surface area contributed by atoms with Gasteiger partial charge < -0.3 is 9.47 Å². The number of aromatic nitrogens is 1. The first-order chi connectivity index (χ1) is 13.7. The van der Waals surface area contributed by atoms with E-state index in [1.165, 1.54) is 39.8 Å². The van der Waals surface area contributed by atoms with Gasteiger partial charge in [0.25, 0.3) is 0 Å². The van der Waals surface area contributed by atoms with Crippen LogP contribution in [0, 0.1) is 6.92 Å². The van der Waals surface area contributed by atoms with Crippen LogP contribution in [-0.2, 0) is 11.3 Å². The van der Waals surface area contributed by atoms with Crippen LogP contribution in [0.4, 0.5) is 0 Å². The Morgan fingerprint density at radius 3 is 2.46 bits per heavy atom.